The second-order valence-corrected chi connectivity index (χ2v) is 9.83. The van der Waals surface area contributed by atoms with Crippen molar-refractivity contribution in [2.24, 2.45) is 0 Å². The van der Waals surface area contributed by atoms with Crippen LogP contribution in [-0.2, 0) is 16.3 Å². The lowest BCUT2D eigenvalue weighted by Gasteiger charge is -2.20. The lowest BCUT2D eigenvalue weighted by atomic mass is 10.0. The minimum absolute atomic E-state index is 0.0633. The highest BCUT2D eigenvalue weighted by Gasteiger charge is 2.25. The number of aromatic nitrogens is 3. The number of sulfone groups is 1. The van der Waals surface area contributed by atoms with Crippen molar-refractivity contribution in [1.29, 1.82) is 0 Å². The van der Waals surface area contributed by atoms with Gasteiger partial charge in [-0.25, -0.2) is 22.8 Å². The number of benzene rings is 2. The zero-order chi connectivity index (χ0) is 21.8. The van der Waals surface area contributed by atoms with Crippen molar-refractivity contribution in [3.8, 4) is 11.1 Å². The van der Waals surface area contributed by atoms with Crippen molar-refractivity contribution < 1.29 is 12.8 Å². The third-order valence-corrected chi connectivity index (χ3v) is 6.73. The Bertz CT molecular complexity index is 1460. The quantitative estimate of drug-likeness (QED) is 0.451. The van der Waals surface area contributed by atoms with Gasteiger partial charge in [0.25, 0.3) is 0 Å². The van der Waals surface area contributed by atoms with E-state index < -0.39 is 15.7 Å². The summed E-state index contributed by atoms with van der Waals surface area (Å²) in [5.74, 6) is 0.246. The van der Waals surface area contributed by atoms with Crippen LogP contribution in [0.4, 0.5) is 15.9 Å². The van der Waals surface area contributed by atoms with Crippen molar-refractivity contribution in [2.45, 2.75) is 11.3 Å². The molecule has 156 valence electrons. The number of rotatable bonds is 3. The summed E-state index contributed by atoms with van der Waals surface area (Å²) >= 11 is 6.03. The summed E-state index contributed by atoms with van der Waals surface area (Å²) in [7, 11) is -3.38. The maximum Gasteiger partial charge on any atom is 0.177 e. The SMILES string of the molecule is CS(=O)(=O)c1cncc(-c2ccc3ncnc(N4CCc5cc(F)c(Cl)cc54)c3c2)c1. The first-order chi connectivity index (χ1) is 14.8. The van der Waals surface area contributed by atoms with E-state index in [4.69, 9.17) is 11.6 Å². The maximum atomic E-state index is 13.9. The molecule has 9 heteroatoms. The van der Waals surface area contributed by atoms with Gasteiger partial charge in [-0.05, 0) is 47.9 Å². The third-order valence-electron chi connectivity index (χ3n) is 5.36. The average molecular weight is 455 g/mol. The van der Waals surface area contributed by atoms with Crippen LogP contribution >= 0.6 is 11.6 Å². The molecule has 0 spiro atoms. The summed E-state index contributed by atoms with van der Waals surface area (Å²) in [6.45, 7) is 0.635. The minimum atomic E-state index is -3.38. The van der Waals surface area contributed by atoms with Crippen LogP contribution in [0.2, 0.25) is 5.02 Å². The van der Waals surface area contributed by atoms with Crippen molar-refractivity contribution in [3.63, 3.8) is 0 Å². The Kier molecular flexibility index (Phi) is 4.64. The van der Waals surface area contributed by atoms with Gasteiger partial charge in [0, 0.05) is 41.8 Å². The van der Waals surface area contributed by atoms with Crippen LogP contribution in [-0.4, -0.2) is 36.2 Å². The van der Waals surface area contributed by atoms with Crippen LogP contribution in [0.25, 0.3) is 22.0 Å². The first-order valence-corrected chi connectivity index (χ1v) is 11.7. The summed E-state index contributed by atoms with van der Waals surface area (Å²) in [4.78, 5) is 15.1. The summed E-state index contributed by atoms with van der Waals surface area (Å²) in [6.07, 6.45) is 6.27. The van der Waals surface area contributed by atoms with Crippen LogP contribution in [0.1, 0.15) is 5.56 Å². The second kappa shape index (κ2) is 7.25. The summed E-state index contributed by atoms with van der Waals surface area (Å²) < 4.78 is 37.7. The zero-order valence-electron chi connectivity index (χ0n) is 16.4. The first-order valence-electron chi connectivity index (χ1n) is 9.47. The maximum absolute atomic E-state index is 13.9. The molecule has 2 aromatic carbocycles. The Balaban J connectivity index is 1.66. The predicted octanol–water partition coefficient (Wildman–Crippen LogP) is 4.58. The van der Waals surface area contributed by atoms with E-state index in [9.17, 15) is 12.8 Å². The molecule has 5 rings (SSSR count). The van der Waals surface area contributed by atoms with Crippen LogP contribution < -0.4 is 4.90 Å². The zero-order valence-corrected chi connectivity index (χ0v) is 18.0. The van der Waals surface area contributed by atoms with E-state index in [0.29, 0.717) is 24.3 Å². The molecule has 2 aromatic heterocycles. The van der Waals surface area contributed by atoms with Gasteiger partial charge in [-0.2, -0.15) is 0 Å². The minimum Gasteiger partial charge on any atom is -0.325 e. The number of hydrogen-bond acceptors (Lipinski definition) is 6. The highest BCUT2D eigenvalue weighted by Crippen LogP contribution is 2.39. The normalized spacial score (nSPS) is 13.6. The molecule has 0 atom stereocenters. The molecule has 0 fully saturated rings. The van der Waals surface area contributed by atoms with Crippen LogP contribution in [0.15, 0.2) is 60.0 Å². The van der Waals surface area contributed by atoms with Crippen molar-refractivity contribution in [2.75, 3.05) is 17.7 Å². The van der Waals surface area contributed by atoms with Gasteiger partial charge in [-0.1, -0.05) is 17.7 Å². The highest BCUT2D eigenvalue weighted by molar-refractivity contribution is 7.90. The number of hydrogen-bond donors (Lipinski definition) is 0. The molecule has 31 heavy (non-hydrogen) atoms. The summed E-state index contributed by atoms with van der Waals surface area (Å²) in [5, 5.41) is 0.853. The fourth-order valence-electron chi connectivity index (χ4n) is 3.82. The Morgan fingerprint density at radius 1 is 1.06 bits per heavy atom. The average Bonchev–Trinajstić information content (AvgIpc) is 3.15. The van der Waals surface area contributed by atoms with E-state index in [1.807, 2.05) is 23.1 Å². The Morgan fingerprint density at radius 2 is 1.90 bits per heavy atom. The summed E-state index contributed by atoms with van der Waals surface area (Å²) in [6, 6.07) is 10.3. The fourth-order valence-corrected chi connectivity index (χ4v) is 4.57. The molecule has 0 saturated carbocycles. The molecule has 0 saturated heterocycles. The topological polar surface area (TPSA) is 76.0 Å². The van der Waals surface area contributed by atoms with Crippen LogP contribution in [0.5, 0.6) is 0 Å². The van der Waals surface area contributed by atoms with Gasteiger partial charge in [0.2, 0.25) is 0 Å². The van der Waals surface area contributed by atoms with Gasteiger partial charge in [0.1, 0.15) is 18.0 Å². The monoisotopic (exact) mass is 454 g/mol. The van der Waals surface area contributed by atoms with Gasteiger partial charge >= 0.3 is 0 Å². The molecular formula is C22H16ClFN4O2S. The predicted molar refractivity (Wildman–Crippen MR) is 118 cm³/mol. The lowest BCUT2D eigenvalue weighted by Crippen LogP contribution is -2.15. The smallest absolute Gasteiger partial charge is 0.177 e. The third kappa shape index (κ3) is 3.51. The van der Waals surface area contributed by atoms with E-state index in [2.05, 4.69) is 15.0 Å². The van der Waals surface area contributed by atoms with E-state index in [1.54, 1.807) is 18.3 Å². The highest BCUT2D eigenvalue weighted by atomic mass is 35.5. The lowest BCUT2D eigenvalue weighted by molar-refractivity contribution is 0.601. The number of anilines is 2. The van der Waals surface area contributed by atoms with E-state index in [0.717, 1.165) is 34.0 Å². The molecule has 0 bridgehead atoms. The van der Waals surface area contributed by atoms with Gasteiger partial charge in [0.05, 0.1) is 15.4 Å². The molecule has 1 aliphatic rings. The van der Waals surface area contributed by atoms with Gasteiger partial charge in [-0.15, -0.1) is 0 Å². The molecule has 0 unspecified atom stereocenters. The molecule has 6 nitrogen and oxygen atoms in total. The van der Waals surface area contributed by atoms with Gasteiger partial charge in [-0.3, -0.25) is 4.98 Å². The Labute approximate surface area is 183 Å². The number of nitrogens with zero attached hydrogens (tertiary/aromatic N) is 4. The van der Waals surface area contributed by atoms with Crippen LogP contribution in [0, 0.1) is 5.82 Å². The van der Waals surface area contributed by atoms with Crippen LogP contribution in [0.3, 0.4) is 0 Å². The van der Waals surface area contributed by atoms with E-state index in [1.165, 1.54) is 18.6 Å². The molecule has 4 aromatic rings. The molecule has 3 heterocycles. The number of halogens is 2. The largest absolute Gasteiger partial charge is 0.325 e. The van der Waals surface area contributed by atoms with E-state index in [-0.39, 0.29) is 9.92 Å². The van der Waals surface area contributed by atoms with E-state index >= 15 is 0 Å². The van der Waals surface area contributed by atoms with Crippen molar-refractivity contribution in [3.05, 3.63) is 71.5 Å². The van der Waals surface area contributed by atoms with Gasteiger partial charge in [0.15, 0.2) is 9.84 Å². The molecule has 0 radical (unpaired) electrons. The molecule has 1 aliphatic heterocycles. The second-order valence-electron chi connectivity index (χ2n) is 7.41. The first kappa shape index (κ1) is 19.8. The Hall–Kier alpha value is -3.10. The molecular weight excluding hydrogens is 439 g/mol. The Morgan fingerprint density at radius 3 is 2.71 bits per heavy atom. The van der Waals surface area contributed by atoms with Crippen molar-refractivity contribution in [1.82, 2.24) is 15.0 Å². The standard InChI is InChI=1S/C22H16ClFN4O2S/c1-31(29,30)16-6-15(10-25-11-16)13-2-3-20-17(7-13)22(27-12-26-20)28-5-4-14-8-19(24)18(23)9-21(14)28/h2-3,6-12H,4-5H2,1H3. The van der Waals surface area contributed by atoms with Gasteiger partial charge < -0.3 is 4.90 Å². The number of pyridine rings is 1. The summed E-state index contributed by atoms with van der Waals surface area (Å²) in [5.41, 5.74) is 3.89. The molecule has 0 N–H and O–H groups in total. The molecule has 0 aliphatic carbocycles. The fraction of sp³-hybridized carbons (Fsp3) is 0.136. The van der Waals surface area contributed by atoms with Crippen molar-refractivity contribution >= 4 is 43.8 Å². The number of fused-ring (bicyclic) bond motifs is 2. The molecule has 0 amide bonds.